The molecule has 0 aliphatic rings. The highest BCUT2D eigenvalue weighted by Gasteiger charge is 2.73. The van der Waals surface area contributed by atoms with Crippen molar-refractivity contribution in [3.05, 3.63) is 64.2 Å². The molecule has 0 aliphatic heterocycles. The minimum Gasteiger partial charge on any atom is -0.349 e. The van der Waals surface area contributed by atoms with Gasteiger partial charge in [-0.3, -0.25) is 9.59 Å². The van der Waals surface area contributed by atoms with Crippen LogP contribution in [0, 0.1) is 13.8 Å². The maximum absolute atomic E-state index is 14.4. The molecule has 0 aromatic heterocycles. The molecule has 0 aliphatic carbocycles. The predicted molar refractivity (Wildman–Crippen MR) is 133 cm³/mol. The second-order valence-corrected chi connectivity index (χ2v) is 10.8. The number of hydrogen-bond acceptors (Lipinski definition) is 4. The lowest BCUT2D eigenvalue weighted by atomic mass is 9.92. The summed E-state index contributed by atoms with van der Waals surface area (Å²) in [6, 6.07) is 4.66. The van der Waals surface area contributed by atoms with Crippen molar-refractivity contribution in [1.82, 2.24) is 5.32 Å². The van der Waals surface area contributed by atoms with Crippen molar-refractivity contribution in [3.63, 3.8) is 0 Å². The van der Waals surface area contributed by atoms with Gasteiger partial charge in [0.05, 0.1) is 16.9 Å². The molecule has 2 aromatic rings. The van der Waals surface area contributed by atoms with Gasteiger partial charge in [-0.05, 0) is 44.0 Å². The van der Waals surface area contributed by atoms with Crippen molar-refractivity contribution >= 4 is 27.3 Å². The molecule has 0 unspecified atom stereocenters. The van der Waals surface area contributed by atoms with E-state index in [1.54, 1.807) is 0 Å². The summed E-state index contributed by atoms with van der Waals surface area (Å²) in [7, 11) is -3.43. The third-order valence-corrected chi connectivity index (χ3v) is 6.43. The van der Waals surface area contributed by atoms with Gasteiger partial charge in [0.2, 0.25) is 0 Å². The Bertz CT molecular complexity index is 1290. The molecule has 0 saturated carbocycles. The number of benzene rings is 2. The molecule has 2 aromatic carbocycles. The number of aryl methyl sites for hydroxylation is 2. The number of carbonyl (C=O) groups is 2. The molecule has 218 valence electrons. The Morgan fingerprint density at radius 1 is 0.872 bits per heavy atom. The van der Waals surface area contributed by atoms with Crippen LogP contribution >= 0.6 is 0 Å². The Morgan fingerprint density at radius 3 is 1.87 bits per heavy atom. The normalized spacial score (nSPS) is 13.2. The van der Waals surface area contributed by atoms with Crippen LogP contribution in [0.15, 0.2) is 36.4 Å². The van der Waals surface area contributed by atoms with E-state index in [0.29, 0.717) is 17.7 Å². The molecule has 6 nitrogen and oxygen atoms in total. The van der Waals surface area contributed by atoms with E-state index < -0.39 is 51.3 Å². The molecule has 0 bridgehead atoms. The molecule has 0 spiro atoms. The van der Waals surface area contributed by atoms with Gasteiger partial charge < -0.3 is 10.6 Å². The number of amides is 2. The highest BCUT2D eigenvalue weighted by atomic mass is 32.2. The first-order chi connectivity index (χ1) is 17.7. The summed E-state index contributed by atoms with van der Waals surface area (Å²) in [6.45, 7) is 8.01. The molecule has 2 amide bonds. The summed E-state index contributed by atoms with van der Waals surface area (Å²) in [5, 5.41) is 4.76. The van der Waals surface area contributed by atoms with Crippen LogP contribution < -0.4 is 10.6 Å². The second-order valence-electron chi connectivity index (χ2n) is 8.60. The Balaban J connectivity index is 0.00000371. The monoisotopic (exact) mass is 586 g/mol. The van der Waals surface area contributed by atoms with Crippen LogP contribution in [-0.4, -0.2) is 50.6 Å². The maximum Gasteiger partial charge on any atom is 0.435 e. The maximum atomic E-state index is 14.4. The molecule has 1 atom stereocenters. The van der Waals surface area contributed by atoms with Gasteiger partial charge in [-0.1, -0.05) is 38.1 Å². The van der Waals surface area contributed by atoms with Crippen LogP contribution in [0.2, 0.25) is 0 Å². The fraction of sp³-hybridized carbons (Fsp3) is 0.440. The average Bonchev–Trinajstić information content (AvgIpc) is 2.77. The minimum absolute atomic E-state index is 0.119. The highest BCUT2D eigenvalue weighted by molar-refractivity contribution is 7.90. The van der Waals surface area contributed by atoms with Gasteiger partial charge in [0, 0.05) is 23.5 Å². The zero-order valence-electron chi connectivity index (χ0n) is 21.9. The smallest absolute Gasteiger partial charge is 0.349 e. The number of rotatable bonds is 7. The van der Waals surface area contributed by atoms with E-state index in [1.807, 2.05) is 13.8 Å². The van der Waals surface area contributed by atoms with E-state index in [-0.39, 0.29) is 34.2 Å². The van der Waals surface area contributed by atoms with E-state index in [1.165, 1.54) is 32.0 Å². The lowest BCUT2D eigenvalue weighted by Gasteiger charge is -2.30. The Hall–Kier alpha value is -3.16. The Morgan fingerprint density at radius 2 is 1.41 bits per heavy atom. The van der Waals surface area contributed by atoms with Gasteiger partial charge in [-0.2, -0.15) is 26.3 Å². The third kappa shape index (κ3) is 7.93. The Kier molecular flexibility index (Phi) is 10.7. The SMILES string of the molecule is CC.Cc1cc(C(F)(C(F)(F)F)C(F)(F)F)ccc1NC(=O)c1cccc(C)c1C(=O)N[C@@H](C)CS(C)(=O)=O. The van der Waals surface area contributed by atoms with Crippen molar-refractivity contribution in [2.24, 2.45) is 0 Å². The third-order valence-electron chi connectivity index (χ3n) is 5.33. The number of halogens is 7. The number of sulfone groups is 1. The average molecular weight is 587 g/mol. The van der Waals surface area contributed by atoms with Gasteiger partial charge in [0.25, 0.3) is 11.8 Å². The molecule has 2 N–H and O–H groups in total. The van der Waals surface area contributed by atoms with E-state index in [9.17, 15) is 48.7 Å². The molecular formula is C25H29F7N2O4S. The summed E-state index contributed by atoms with van der Waals surface area (Å²) in [6.07, 6.45) is -11.6. The lowest BCUT2D eigenvalue weighted by molar-refractivity contribution is -0.348. The molecule has 39 heavy (non-hydrogen) atoms. The fourth-order valence-corrected chi connectivity index (χ4v) is 4.64. The van der Waals surface area contributed by atoms with E-state index >= 15 is 0 Å². The molecule has 0 fully saturated rings. The van der Waals surface area contributed by atoms with Crippen LogP contribution in [0.3, 0.4) is 0 Å². The molecule has 0 heterocycles. The van der Waals surface area contributed by atoms with E-state index in [0.717, 1.165) is 13.2 Å². The molecule has 0 radical (unpaired) electrons. The Labute approximate surface area is 221 Å². The first-order valence-electron chi connectivity index (χ1n) is 11.5. The van der Waals surface area contributed by atoms with Gasteiger partial charge in [-0.15, -0.1) is 0 Å². The first kappa shape index (κ1) is 33.9. The van der Waals surface area contributed by atoms with Crippen molar-refractivity contribution in [2.75, 3.05) is 17.3 Å². The predicted octanol–water partition coefficient (Wildman–Crippen LogP) is 6.03. The van der Waals surface area contributed by atoms with Crippen LogP contribution in [-0.2, 0) is 15.5 Å². The molecule has 2 rings (SSSR count). The zero-order chi connectivity index (χ0) is 30.6. The van der Waals surface area contributed by atoms with Crippen molar-refractivity contribution in [3.8, 4) is 0 Å². The highest BCUT2D eigenvalue weighted by Crippen LogP contribution is 2.53. The summed E-state index contributed by atoms with van der Waals surface area (Å²) >= 11 is 0. The van der Waals surface area contributed by atoms with Crippen LogP contribution in [0.25, 0.3) is 0 Å². The zero-order valence-corrected chi connectivity index (χ0v) is 22.8. The summed E-state index contributed by atoms with van der Waals surface area (Å²) in [4.78, 5) is 25.7. The number of hydrogen-bond donors (Lipinski definition) is 2. The van der Waals surface area contributed by atoms with E-state index in [4.69, 9.17) is 0 Å². The lowest BCUT2D eigenvalue weighted by Crippen LogP contribution is -2.50. The van der Waals surface area contributed by atoms with Gasteiger partial charge in [0.15, 0.2) is 0 Å². The van der Waals surface area contributed by atoms with Crippen LogP contribution in [0.4, 0.5) is 36.4 Å². The number of anilines is 1. The quantitative estimate of drug-likeness (QED) is 0.388. The molecular weight excluding hydrogens is 557 g/mol. The van der Waals surface area contributed by atoms with Crippen molar-refractivity contribution in [2.45, 2.75) is 58.7 Å². The van der Waals surface area contributed by atoms with Gasteiger partial charge in [0.1, 0.15) is 9.84 Å². The van der Waals surface area contributed by atoms with Crippen LogP contribution in [0.5, 0.6) is 0 Å². The minimum atomic E-state index is -6.29. The number of nitrogens with one attached hydrogen (secondary N) is 2. The second kappa shape index (κ2) is 12.3. The summed E-state index contributed by atoms with van der Waals surface area (Å²) in [5.41, 5.74) is -7.84. The molecule has 14 heteroatoms. The van der Waals surface area contributed by atoms with Gasteiger partial charge in [-0.25, -0.2) is 12.8 Å². The number of carbonyl (C=O) groups excluding carboxylic acids is 2. The fourth-order valence-electron chi connectivity index (χ4n) is 3.65. The summed E-state index contributed by atoms with van der Waals surface area (Å²) in [5.74, 6) is -2.08. The van der Waals surface area contributed by atoms with E-state index in [2.05, 4.69) is 10.6 Å². The topological polar surface area (TPSA) is 92.3 Å². The van der Waals surface area contributed by atoms with Crippen molar-refractivity contribution < 1.29 is 48.7 Å². The van der Waals surface area contributed by atoms with Crippen LogP contribution in [0.1, 0.15) is 58.2 Å². The summed E-state index contributed by atoms with van der Waals surface area (Å²) < 4.78 is 116. The first-order valence-corrected chi connectivity index (χ1v) is 13.6. The number of alkyl halides is 7. The van der Waals surface area contributed by atoms with Gasteiger partial charge >= 0.3 is 18.0 Å². The largest absolute Gasteiger partial charge is 0.435 e. The standard InChI is InChI=1S/C23H23F7N2O4S.C2H6/c1-12-6-5-7-16(18(12)20(34)31-14(3)11-37(4,35)36)19(33)32-17-9-8-15(10-13(17)2)21(24,22(25,26)27)23(28,29)30;1-2/h5-10,14H,11H2,1-4H3,(H,31,34)(H,32,33);1-2H3/t14-;/m0./s1. The van der Waals surface area contributed by atoms with Crippen molar-refractivity contribution in [1.29, 1.82) is 0 Å². The molecule has 0 saturated heterocycles.